The number of hydrogen-bond acceptors (Lipinski definition) is 4. The van der Waals surface area contributed by atoms with E-state index in [0.717, 1.165) is 35.7 Å². The van der Waals surface area contributed by atoms with Gasteiger partial charge in [0.05, 0.1) is 11.3 Å². The summed E-state index contributed by atoms with van der Waals surface area (Å²) in [6.45, 7) is 2.30. The maximum absolute atomic E-state index is 4.34. The van der Waals surface area contributed by atoms with E-state index in [4.69, 9.17) is 0 Å². The molecule has 0 atom stereocenters. The van der Waals surface area contributed by atoms with Crippen LogP contribution in [0.3, 0.4) is 0 Å². The summed E-state index contributed by atoms with van der Waals surface area (Å²) in [5.41, 5.74) is 4.07. The molecule has 4 rings (SSSR count). The Kier molecular flexibility index (Phi) is 3.76. The van der Waals surface area contributed by atoms with Gasteiger partial charge in [-0.2, -0.15) is 0 Å². The molecule has 1 aliphatic heterocycles. The molecule has 115 valence electrons. The minimum Gasteiger partial charge on any atom is -0.372 e. The summed E-state index contributed by atoms with van der Waals surface area (Å²) in [6.07, 6.45) is 11.9. The fourth-order valence-corrected chi connectivity index (χ4v) is 3.08. The van der Waals surface area contributed by atoms with E-state index in [0.29, 0.717) is 0 Å². The monoisotopic (exact) mass is 304 g/mol. The van der Waals surface area contributed by atoms with Crippen LogP contribution in [0.5, 0.6) is 0 Å². The lowest BCUT2D eigenvalue weighted by atomic mass is 10.1. The van der Waals surface area contributed by atoms with Crippen LogP contribution in [0.25, 0.3) is 22.6 Å². The van der Waals surface area contributed by atoms with Gasteiger partial charge < -0.3 is 9.88 Å². The highest BCUT2D eigenvalue weighted by molar-refractivity contribution is 5.77. The standard InChI is InChI=1S/C18H18N5/c1-2-10-23(11-3-1)15-6-4-14(5-7-15)17-16(12-19-13-22-17)18-20-8-9-21-18/h4-9,12H,1-3,10-11H2,(H,20,21). The fraction of sp³-hybridized carbons (Fsp3) is 0.278. The van der Waals surface area contributed by atoms with Crippen molar-refractivity contribution in [3.63, 3.8) is 0 Å². The van der Waals surface area contributed by atoms with Crippen molar-refractivity contribution >= 4 is 5.69 Å². The molecule has 2 aromatic heterocycles. The zero-order chi connectivity index (χ0) is 15.5. The molecule has 0 bridgehead atoms. The van der Waals surface area contributed by atoms with Crippen LogP contribution in [0.4, 0.5) is 5.69 Å². The third kappa shape index (κ3) is 2.82. The van der Waals surface area contributed by atoms with E-state index in [-0.39, 0.29) is 0 Å². The molecule has 1 saturated heterocycles. The van der Waals surface area contributed by atoms with E-state index in [2.05, 4.69) is 55.4 Å². The molecule has 1 aromatic carbocycles. The minimum absolute atomic E-state index is 0.772. The van der Waals surface area contributed by atoms with E-state index in [1.54, 1.807) is 18.6 Å². The van der Waals surface area contributed by atoms with Crippen molar-refractivity contribution in [3.05, 3.63) is 49.2 Å². The summed E-state index contributed by atoms with van der Waals surface area (Å²) in [5.74, 6) is 0.772. The van der Waals surface area contributed by atoms with Gasteiger partial charge in [0, 0.05) is 42.9 Å². The highest BCUT2D eigenvalue weighted by Gasteiger charge is 2.13. The van der Waals surface area contributed by atoms with E-state index in [1.807, 2.05) is 0 Å². The molecule has 5 heteroatoms. The minimum atomic E-state index is 0.772. The maximum atomic E-state index is 4.34. The van der Waals surface area contributed by atoms with Crippen molar-refractivity contribution in [2.45, 2.75) is 19.3 Å². The number of benzene rings is 1. The number of hydrogen-bond donors (Lipinski definition) is 1. The topological polar surface area (TPSA) is 57.7 Å². The first-order chi connectivity index (χ1) is 11.4. The highest BCUT2D eigenvalue weighted by Crippen LogP contribution is 2.29. The van der Waals surface area contributed by atoms with Crippen molar-refractivity contribution in [2.24, 2.45) is 0 Å². The number of aromatic nitrogens is 4. The zero-order valence-electron chi connectivity index (χ0n) is 12.9. The van der Waals surface area contributed by atoms with Crippen molar-refractivity contribution in [3.8, 4) is 22.6 Å². The Hall–Kier alpha value is -2.69. The fourth-order valence-electron chi connectivity index (χ4n) is 3.08. The molecule has 0 saturated carbocycles. The summed E-state index contributed by atoms with van der Waals surface area (Å²) in [7, 11) is 0. The quantitative estimate of drug-likeness (QED) is 0.806. The summed E-state index contributed by atoms with van der Waals surface area (Å²) >= 11 is 0. The van der Waals surface area contributed by atoms with E-state index >= 15 is 0 Å². The first-order valence-electron chi connectivity index (χ1n) is 8.00. The molecule has 0 unspecified atom stereocenters. The average molecular weight is 304 g/mol. The van der Waals surface area contributed by atoms with Crippen molar-refractivity contribution < 1.29 is 0 Å². The zero-order valence-corrected chi connectivity index (χ0v) is 12.9. The lowest BCUT2D eigenvalue weighted by molar-refractivity contribution is 0.578. The van der Waals surface area contributed by atoms with E-state index < -0.39 is 0 Å². The molecule has 0 amide bonds. The summed E-state index contributed by atoms with van der Waals surface area (Å²) < 4.78 is 0. The first kappa shape index (κ1) is 13.9. The van der Waals surface area contributed by atoms with Crippen LogP contribution in [0, 0.1) is 6.33 Å². The molecule has 3 aromatic rings. The Bertz CT molecular complexity index is 758. The van der Waals surface area contributed by atoms with Gasteiger partial charge in [0.2, 0.25) is 0 Å². The van der Waals surface area contributed by atoms with Crippen LogP contribution in [0.2, 0.25) is 0 Å². The number of nitrogens with zero attached hydrogens (tertiary/aromatic N) is 4. The second-order valence-corrected chi connectivity index (χ2v) is 5.76. The largest absolute Gasteiger partial charge is 0.372 e. The van der Waals surface area contributed by atoms with Gasteiger partial charge in [0.1, 0.15) is 5.82 Å². The maximum Gasteiger partial charge on any atom is 0.198 e. The van der Waals surface area contributed by atoms with Gasteiger partial charge >= 0.3 is 0 Å². The Labute approximate surface area is 135 Å². The van der Waals surface area contributed by atoms with E-state index in [9.17, 15) is 0 Å². The SMILES string of the molecule is [c]1ncc(-c2ncc[nH]2)c(-c2ccc(N3CCCCC3)cc2)n1. The molecule has 5 nitrogen and oxygen atoms in total. The third-order valence-corrected chi connectivity index (χ3v) is 4.28. The van der Waals surface area contributed by atoms with Gasteiger partial charge in [-0.25, -0.2) is 15.0 Å². The molecule has 0 spiro atoms. The Morgan fingerprint density at radius 3 is 2.61 bits per heavy atom. The third-order valence-electron chi connectivity index (χ3n) is 4.28. The van der Waals surface area contributed by atoms with Gasteiger partial charge in [-0.3, -0.25) is 0 Å². The molecular weight excluding hydrogens is 286 g/mol. The Morgan fingerprint density at radius 1 is 1.04 bits per heavy atom. The predicted molar refractivity (Wildman–Crippen MR) is 89.9 cm³/mol. The average Bonchev–Trinajstić information content (AvgIpc) is 3.17. The van der Waals surface area contributed by atoms with Crippen molar-refractivity contribution in [1.29, 1.82) is 0 Å². The number of H-pyrrole nitrogens is 1. The van der Waals surface area contributed by atoms with Gasteiger partial charge in [-0.1, -0.05) is 12.1 Å². The van der Waals surface area contributed by atoms with Crippen LogP contribution < -0.4 is 4.90 Å². The molecule has 1 radical (unpaired) electrons. The summed E-state index contributed by atoms with van der Waals surface area (Å²) in [5, 5.41) is 0. The van der Waals surface area contributed by atoms with Gasteiger partial charge in [-0.15, -0.1) is 0 Å². The van der Waals surface area contributed by atoms with Crippen LogP contribution in [-0.2, 0) is 0 Å². The Balaban J connectivity index is 1.66. The number of imidazole rings is 1. The number of nitrogens with one attached hydrogen (secondary N) is 1. The van der Waals surface area contributed by atoms with Gasteiger partial charge in [0.25, 0.3) is 0 Å². The highest BCUT2D eigenvalue weighted by atomic mass is 15.1. The predicted octanol–water partition coefficient (Wildman–Crippen LogP) is 3.32. The smallest absolute Gasteiger partial charge is 0.198 e. The molecule has 3 heterocycles. The van der Waals surface area contributed by atoms with Gasteiger partial charge in [-0.05, 0) is 31.4 Å². The second-order valence-electron chi connectivity index (χ2n) is 5.76. The molecule has 1 aliphatic rings. The molecule has 1 N–H and O–H groups in total. The first-order valence-corrected chi connectivity index (χ1v) is 8.00. The van der Waals surface area contributed by atoms with Gasteiger partial charge in [0.15, 0.2) is 6.33 Å². The Morgan fingerprint density at radius 2 is 1.87 bits per heavy atom. The number of anilines is 1. The summed E-state index contributed by atoms with van der Waals surface area (Å²) in [6, 6.07) is 8.59. The van der Waals surface area contributed by atoms with Crippen LogP contribution in [0.1, 0.15) is 19.3 Å². The molecule has 23 heavy (non-hydrogen) atoms. The normalized spacial score (nSPS) is 14.9. The molecule has 1 fully saturated rings. The van der Waals surface area contributed by atoms with Crippen LogP contribution in [0.15, 0.2) is 42.9 Å². The lowest BCUT2D eigenvalue weighted by Gasteiger charge is -2.28. The number of rotatable bonds is 3. The molecular formula is C18H18N5. The molecule has 0 aliphatic carbocycles. The van der Waals surface area contributed by atoms with E-state index in [1.165, 1.54) is 24.9 Å². The van der Waals surface area contributed by atoms with Crippen LogP contribution in [-0.4, -0.2) is 33.0 Å². The van der Waals surface area contributed by atoms with Crippen LogP contribution >= 0.6 is 0 Å². The van der Waals surface area contributed by atoms with Crippen molar-refractivity contribution in [2.75, 3.05) is 18.0 Å². The number of aromatic amines is 1. The van der Waals surface area contributed by atoms with Crippen molar-refractivity contribution in [1.82, 2.24) is 19.9 Å². The summed E-state index contributed by atoms with van der Waals surface area (Å²) in [4.78, 5) is 18.2. The second kappa shape index (κ2) is 6.20. The lowest BCUT2D eigenvalue weighted by Crippen LogP contribution is -2.29. The number of piperidine rings is 1.